The highest BCUT2D eigenvalue weighted by Crippen LogP contribution is 2.38. The molecule has 0 saturated heterocycles. The maximum absolute atomic E-state index is 12.0. The Bertz CT molecular complexity index is 439. The van der Waals surface area contributed by atoms with E-state index in [1.165, 1.54) is 20.0 Å². The van der Waals surface area contributed by atoms with E-state index in [0.717, 1.165) is 17.9 Å². The number of methoxy groups -OCH3 is 2. The lowest BCUT2D eigenvalue weighted by Gasteiger charge is -2.29. The molecular formula is C15H21NO3. The topological polar surface area (TPSA) is 47.6 Å². The fourth-order valence-electron chi connectivity index (χ4n) is 2.30. The van der Waals surface area contributed by atoms with E-state index in [1.807, 2.05) is 31.2 Å². The third-order valence-electron chi connectivity index (χ3n) is 3.54. The van der Waals surface area contributed by atoms with Crippen LogP contribution in [0, 0.1) is 5.92 Å². The van der Waals surface area contributed by atoms with E-state index in [9.17, 15) is 4.79 Å². The van der Waals surface area contributed by atoms with Crippen LogP contribution in [0.5, 0.6) is 5.75 Å². The second-order valence-electron chi connectivity index (χ2n) is 5.32. The largest absolute Gasteiger partial charge is 0.497 e. The Morgan fingerprint density at radius 2 is 1.95 bits per heavy atom. The van der Waals surface area contributed by atoms with E-state index in [0.29, 0.717) is 5.92 Å². The van der Waals surface area contributed by atoms with Crippen molar-refractivity contribution in [1.29, 1.82) is 0 Å². The van der Waals surface area contributed by atoms with Crippen LogP contribution in [0.25, 0.3) is 0 Å². The zero-order chi connectivity index (χ0) is 13.9. The van der Waals surface area contributed by atoms with Gasteiger partial charge in [-0.1, -0.05) is 12.8 Å². The summed E-state index contributed by atoms with van der Waals surface area (Å²) in [6.07, 6.45) is 3.22. The summed E-state index contributed by atoms with van der Waals surface area (Å²) in [4.78, 5) is 12.0. The molecule has 1 N–H and O–H groups in total. The van der Waals surface area contributed by atoms with E-state index < -0.39 is 5.54 Å². The summed E-state index contributed by atoms with van der Waals surface area (Å²) in [5.41, 5.74) is 0.235. The normalized spacial score (nSPS) is 17.4. The highest BCUT2D eigenvalue weighted by molar-refractivity contribution is 5.84. The fraction of sp³-hybridized carbons (Fsp3) is 0.533. The number of carbonyl (C=O) groups excluding carboxylic acids is 1. The predicted octanol–water partition coefficient (Wildman–Crippen LogP) is 2.84. The SMILES string of the molecule is COC(=O)C(C)(CC1CC1)Nc1ccc(OC)cc1. The van der Waals surface area contributed by atoms with Crippen molar-refractivity contribution in [2.24, 2.45) is 5.92 Å². The number of esters is 1. The molecule has 1 aromatic rings. The molecule has 1 aliphatic carbocycles. The molecule has 0 aromatic heterocycles. The number of hydrogen-bond donors (Lipinski definition) is 1. The molecule has 2 rings (SSSR count). The van der Waals surface area contributed by atoms with Crippen molar-refractivity contribution in [3.05, 3.63) is 24.3 Å². The van der Waals surface area contributed by atoms with Crippen molar-refractivity contribution in [3.63, 3.8) is 0 Å². The molecule has 0 amide bonds. The Balaban J connectivity index is 2.11. The highest BCUT2D eigenvalue weighted by atomic mass is 16.5. The number of nitrogens with one attached hydrogen (secondary N) is 1. The van der Waals surface area contributed by atoms with E-state index >= 15 is 0 Å². The molecule has 0 heterocycles. The first-order valence-electron chi connectivity index (χ1n) is 6.58. The molecule has 1 atom stereocenters. The predicted molar refractivity (Wildman–Crippen MR) is 74.4 cm³/mol. The first-order chi connectivity index (χ1) is 9.07. The summed E-state index contributed by atoms with van der Waals surface area (Å²) in [6.45, 7) is 1.90. The lowest BCUT2D eigenvalue weighted by molar-refractivity contribution is -0.145. The summed E-state index contributed by atoms with van der Waals surface area (Å²) >= 11 is 0. The van der Waals surface area contributed by atoms with Gasteiger partial charge in [0, 0.05) is 5.69 Å². The highest BCUT2D eigenvalue weighted by Gasteiger charge is 2.40. The Kier molecular flexibility index (Phi) is 3.98. The van der Waals surface area contributed by atoms with Crippen molar-refractivity contribution >= 4 is 11.7 Å². The average molecular weight is 263 g/mol. The lowest BCUT2D eigenvalue weighted by Crippen LogP contribution is -2.44. The van der Waals surface area contributed by atoms with E-state index in [4.69, 9.17) is 9.47 Å². The Morgan fingerprint density at radius 3 is 2.42 bits per heavy atom. The molecule has 0 radical (unpaired) electrons. The number of carbonyl (C=O) groups is 1. The van der Waals surface area contributed by atoms with Gasteiger partial charge in [0.25, 0.3) is 0 Å². The lowest BCUT2D eigenvalue weighted by atomic mass is 9.94. The van der Waals surface area contributed by atoms with Gasteiger partial charge in [0.1, 0.15) is 11.3 Å². The van der Waals surface area contributed by atoms with Crippen LogP contribution < -0.4 is 10.1 Å². The minimum Gasteiger partial charge on any atom is -0.497 e. The molecule has 1 saturated carbocycles. The summed E-state index contributed by atoms with van der Waals surface area (Å²) in [5, 5.41) is 3.30. The number of rotatable bonds is 6. The van der Waals surface area contributed by atoms with Crippen molar-refractivity contribution in [3.8, 4) is 5.75 Å². The Hall–Kier alpha value is -1.71. The van der Waals surface area contributed by atoms with Gasteiger partial charge >= 0.3 is 5.97 Å². The van der Waals surface area contributed by atoms with Gasteiger partial charge < -0.3 is 14.8 Å². The van der Waals surface area contributed by atoms with Crippen molar-refractivity contribution < 1.29 is 14.3 Å². The first kappa shape index (κ1) is 13.7. The van der Waals surface area contributed by atoms with Crippen molar-refractivity contribution in [1.82, 2.24) is 0 Å². The number of benzene rings is 1. The smallest absolute Gasteiger partial charge is 0.331 e. The standard InChI is InChI=1S/C15H21NO3/c1-15(14(17)19-3,10-11-4-5-11)16-12-6-8-13(18-2)9-7-12/h6-9,11,16H,4-5,10H2,1-3H3. The van der Waals surface area contributed by atoms with Gasteiger partial charge in [-0.25, -0.2) is 4.79 Å². The van der Waals surface area contributed by atoms with Gasteiger partial charge in [0.15, 0.2) is 0 Å². The molecule has 4 nitrogen and oxygen atoms in total. The van der Waals surface area contributed by atoms with Crippen LogP contribution >= 0.6 is 0 Å². The fourth-order valence-corrected chi connectivity index (χ4v) is 2.30. The average Bonchev–Trinajstić information content (AvgIpc) is 3.22. The van der Waals surface area contributed by atoms with E-state index in [2.05, 4.69) is 5.32 Å². The van der Waals surface area contributed by atoms with Crippen LogP contribution in [0.2, 0.25) is 0 Å². The van der Waals surface area contributed by atoms with Crippen LogP contribution in [-0.4, -0.2) is 25.7 Å². The number of ether oxygens (including phenoxy) is 2. The number of anilines is 1. The monoisotopic (exact) mass is 263 g/mol. The van der Waals surface area contributed by atoms with Crippen molar-refractivity contribution in [2.75, 3.05) is 19.5 Å². The molecule has 1 fully saturated rings. The molecule has 0 spiro atoms. The van der Waals surface area contributed by atoms with Gasteiger partial charge in [-0.15, -0.1) is 0 Å². The second kappa shape index (κ2) is 5.51. The summed E-state index contributed by atoms with van der Waals surface area (Å²) in [6, 6.07) is 7.56. The van der Waals surface area contributed by atoms with Gasteiger partial charge in [-0.2, -0.15) is 0 Å². The minimum absolute atomic E-state index is 0.213. The molecule has 0 bridgehead atoms. The van der Waals surface area contributed by atoms with E-state index in [1.54, 1.807) is 7.11 Å². The molecule has 1 aromatic carbocycles. The zero-order valence-corrected chi connectivity index (χ0v) is 11.7. The first-order valence-corrected chi connectivity index (χ1v) is 6.58. The third-order valence-corrected chi connectivity index (χ3v) is 3.54. The maximum Gasteiger partial charge on any atom is 0.331 e. The van der Waals surface area contributed by atoms with Crippen LogP contribution in [0.3, 0.4) is 0 Å². The van der Waals surface area contributed by atoms with Crippen LogP contribution in [-0.2, 0) is 9.53 Å². The summed E-state index contributed by atoms with van der Waals surface area (Å²) < 4.78 is 10.1. The molecule has 1 unspecified atom stereocenters. The second-order valence-corrected chi connectivity index (χ2v) is 5.32. The Morgan fingerprint density at radius 1 is 1.32 bits per heavy atom. The summed E-state index contributed by atoms with van der Waals surface area (Å²) in [7, 11) is 3.07. The molecule has 0 aliphatic heterocycles. The molecule has 4 heteroatoms. The van der Waals surface area contributed by atoms with Gasteiger partial charge in [0.2, 0.25) is 0 Å². The maximum atomic E-state index is 12.0. The molecule has 19 heavy (non-hydrogen) atoms. The zero-order valence-electron chi connectivity index (χ0n) is 11.7. The van der Waals surface area contributed by atoms with Crippen LogP contribution in [0.4, 0.5) is 5.69 Å². The molecule has 1 aliphatic rings. The third kappa shape index (κ3) is 3.40. The van der Waals surface area contributed by atoms with Gasteiger partial charge in [-0.3, -0.25) is 0 Å². The van der Waals surface area contributed by atoms with Crippen molar-refractivity contribution in [2.45, 2.75) is 31.7 Å². The number of hydrogen-bond acceptors (Lipinski definition) is 4. The summed E-state index contributed by atoms with van der Waals surface area (Å²) in [5.74, 6) is 1.22. The van der Waals surface area contributed by atoms with Gasteiger partial charge in [-0.05, 0) is 43.5 Å². The Labute approximate surface area is 114 Å². The van der Waals surface area contributed by atoms with Crippen LogP contribution in [0.15, 0.2) is 24.3 Å². The molecule has 104 valence electrons. The van der Waals surface area contributed by atoms with Gasteiger partial charge in [0.05, 0.1) is 14.2 Å². The van der Waals surface area contributed by atoms with Crippen LogP contribution in [0.1, 0.15) is 26.2 Å². The minimum atomic E-state index is -0.662. The van der Waals surface area contributed by atoms with E-state index in [-0.39, 0.29) is 5.97 Å². The molecular weight excluding hydrogens is 242 g/mol. The quantitative estimate of drug-likeness (QED) is 0.802.